The molecule has 0 saturated heterocycles. The van der Waals surface area contributed by atoms with E-state index in [0.29, 0.717) is 5.02 Å². The highest BCUT2D eigenvalue weighted by molar-refractivity contribution is 7.89. The molecule has 6 nitrogen and oxygen atoms in total. The summed E-state index contributed by atoms with van der Waals surface area (Å²) in [6.45, 7) is 3.57. The maximum atomic E-state index is 13.2. The molecule has 0 fully saturated rings. The Hall–Kier alpha value is -3.00. The number of carbonyl (C=O) groups is 1. The Morgan fingerprint density at radius 3 is 2.34 bits per heavy atom. The Labute approximate surface area is 193 Å². The minimum atomic E-state index is -3.94. The number of halogens is 1. The summed E-state index contributed by atoms with van der Waals surface area (Å²) < 4.78 is 27.6. The maximum Gasteiger partial charge on any atom is 0.255 e. The van der Waals surface area contributed by atoms with Crippen LogP contribution in [0.1, 0.15) is 22.3 Å². The average molecular weight is 470 g/mol. The number of hydrogen-bond acceptors (Lipinski definition) is 4. The third-order valence-electron chi connectivity index (χ3n) is 4.70. The number of hydrazone groups is 1. The van der Waals surface area contributed by atoms with E-state index in [4.69, 9.17) is 11.6 Å². The van der Waals surface area contributed by atoms with Gasteiger partial charge in [-0.1, -0.05) is 71.3 Å². The molecule has 0 aliphatic heterocycles. The summed E-state index contributed by atoms with van der Waals surface area (Å²) in [5.41, 5.74) is 6.14. The molecule has 1 N–H and O–H groups in total. The summed E-state index contributed by atoms with van der Waals surface area (Å²) in [5, 5.41) is 4.39. The predicted molar refractivity (Wildman–Crippen MR) is 127 cm³/mol. The van der Waals surface area contributed by atoms with Crippen LogP contribution in [-0.4, -0.2) is 31.4 Å². The number of benzene rings is 3. The van der Waals surface area contributed by atoms with Crippen LogP contribution in [0.25, 0.3) is 0 Å². The second-order valence-corrected chi connectivity index (χ2v) is 9.79. The molecule has 0 aliphatic rings. The van der Waals surface area contributed by atoms with Crippen LogP contribution in [0.3, 0.4) is 0 Å². The SMILES string of the molecule is Cc1ccc(CN(CC(=O)N/N=C\c2cccc(C)c2)S(=O)(=O)c2ccc(Cl)cc2)cc1. The minimum absolute atomic E-state index is 0.0419. The molecule has 0 saturated carbocycles. The number of rotatable bonds is 8. The van der Waals surface area contributed by atoms with Crippen molar-refractivity contribution in [1.82, 2.24) is 9.73 Å². The third kappa shape index (κ3) is 6.50. The molecule has 3 rings (SSSR count). The molecule has 0 unspecified atom stereocenters. The summed E-state index contributed by atoms with van der Waals surface area (Å²) in [6.07, 6.45) is 1.52. The van der Waals surface area contributed by atoms with Crippen molar-refractivity contribution in [1.29, 1.82) is 0 Å². The van der Waals surface area contributed by atoms with Crippen molar-refractivity contribution in [3.8, 4) is 0 Å². The lowest BCUT2D eigenvalue weighted by atomic mass is 10.1. The van der Waals surface area contributed by atoms with Gasteiger partial charge in [0.15, 0.2) is 0 Å². The van der Waals surface area contributed by atoms with Gasteiger partial charge in [-0.05, 0) is 49.2 Å². The lowest BCUT2D eigenvalue weighted by Crippen LogP contribution is -2.39. The number of sulfonamides is 1. The van der Waals surface area contributed by atoms with E-state index in [1.54, 1.807) is 0 Å². The quantitative estimate of drug-likeness (QED) is 0.394. The van der Waals surface area contributed by atoms with Gasteiger partial charge >= 0.3 is 0 Å². The van der Waals surface area contributed by atoms with Crippen LogP contribution in [0.15, 0.2) is 82.8 Å². The average Bonchev–Trinajstić information content (AvgIpc) is 2.75. The summed E-state index contributed by atoms with van der Waals surface area (Å²) in [5.74, 6) is -0.543. The van der Waals surface area contributed by atoms with E-state index in [9.17, 15) is 13.2 Å². The third-order valence-corrected chi connectivity index (χ3v) is 6.75. The smallest absolute Gasteiger partial charge is 0.255 e. The first kappa shape index (κ1) is 23.7. The second kappa shape index (κ2) is 10.5. The molecule has 32 heavy (non-hydrogen) atoms. The van der Waals surface area contributed by atoms with Crippen LogP contribution in [0.4, 0.5) is 0 Å². The van der Waals surface area contributed by atoms with Crippen molar-refractivity contribution in [2.45, 2.75) is 25.3 Å². The van der Waals surface area contributed by atoms with E-state index in [-0.39, 0.29) is 18.0 Å². The van der Waals surface area contributed by atoms with Gasteiger partial charge in [-0.2, -0.15) is 9.41 Å². The Morgan fingerprint density at radius 1 is 1.00 bits per heavy atom. The molecule has 0 bridgehead atoms. The molecule has 0 aromatic heterocycles. The molecule has 0 atom stereocenters. The Bertz CT molecular complexity index is 1210. The van der Waals surface area contributed by atoms with Crippen molar-refractivity contribution in [3.63, 3.8) is 0 Å². The Kier molecular flexibility index (Phi) is 7.80. The summed E-state index contributed by atoms with van der Waals surface area (Å²) in [4.78, 5) is 12.6. The largest absolute Gasteiger partial charge is 0.272 e. The summed E-state index contributed by atoms with van der Waals surface area (Å²) >= 11 is 5.90. The van der Waals surface area contributed by atoms with E-state index in [1.165, 1.54) is 30.5 Å². The van der Waals surface area contributed by atoms with Crippen LogP contribution in [0, 0.1) is 13.8 Å². The standard InChI is InChI=1S/C24H24ClN3O3S/c1-18-6-8-20(9-7-18)16-28(32(30,31)23-12-10-22(25)11-13-23)17-24(29)27-26-15-21-5-3-4-19(2)14-21/h3-15H,16-17H2,1-2H3,(H,27,29)/b26-15-. The second-order valence-electron chi connectivity index (χ2n) is 7.42. The van der Waals surface area contributed by atoms with Gasteiger partial charge in [0, 0.05) is 11.6 Å². The van der Waals surface area contributed by atoms with Gasteiger partial charge in [0.1, 0.15) is 0 Å². The number of hydrogen-bond donors (Lipinski definition) is 1. The highest BCUT2D eigenvalue weighted by Gasteiger charge is 2.27. The molecule has 3 aromatic carbocycles. The van der Waals surface area contributed by atoms with Crippen molar-refractivity contribution in [2.75, 3.05) is 6.54 Å². The van der Waals surface area contributed by atoms with Crippen LogP contribution in [-0.2, 0) is 21.4 Å². The normalized spacial score (nSPS) is 11.8. The fraction of sp³-hybridized carbons (Fsp3) is 0.167. The summed E-state index contributed by atoms with van der Waals surface area (Å²) in [6, 6.07) is 21.0. The van der Waals surface area contributed by atoms with Gasteiger partial charge in [-0.3, -0.25) is 4.79 Å². The molecule has 0 radical (unpaired) electrons. The van der Waals surface area contributed by atoms with Gasteiger partial charge in [-0.15, -0.1) is 0 Å². The number of nitrogens with one attached hydrogen (secondary N) is 1. The lowest BCUT2D eigenvalue weighted by molar-refractivity contribution is -0.121. The van der Waals surface area contributed by atoms with Gasteiger partial charge in [0.2, 0.25) is 10.0 Å². The van der Waals surface area contributed by atoms with Gasteiger partial charge < -0.3 is 0 Å². The van der Waals surface area contributed by atoms with E-state index in [0.717, 1.165) is 26.6 Å². The topological polar surface area (TPSA) is 78.8 Å². The maximum absolute atomic E-state index is 13.2. The zero-order chi connectivity index (χ0) is 23.1. The van der Waals surface area contributed by atoms with Crippen LogP contribution in [0.5, 0.6) is 0 Å². The highest BCUT2D eigenvalue weighted by atomic mass is 35.5. The molecule has 0 aliphatic carbocycles. The van der Waals surface area contributed by atoms with Crippen molar-refractivity contribution in [2.24, 2.45) is 5.10 Å². The fourth-order valence-electron chi connectivity index (χ4n) is 3.00. The molecule has 1 amide bonds. The predicted octanol–water partition coefficient (Wildman–Crippen LogP) is 4.30. The first-order valence-corrected chi connectivity index (χ1v) is 11.8. The number of aryl methyl sites for hydroxylation is 2. The van der Waals surface area contributed by atoms with Gasteiger partial charge in [0.25, 0.3) is 5.91 Å². The number of nitrogens with zero attached hydrogens (tertiary/aromatic N) is 2. The zero-order valence-corrected chi connectivity index (χ0v) is 19.4. The minimum Gasteiger partial charge on any atom is -0.272 e. The van der Waals surface area contributed by atoms with Crippen LogP contribution < -0.4 is 5.43 Å². The first-order chi connectivity index (χ1) is 15.2. The molecule has 3 aromatic rings. The van der Waals surface area contributed by atoms with Crippen LogP contribution >= 0.6 is 11.6 Å². The molecular formula is C24H24ClN3O3S. The number of carbonyl (C=O) groups excluding carboxylic acids is 1. The number of amides is 1. The van der Waals surface area contributed by atoms with E-state index in [2.05, 4.69) is 10.5 Å². The monoisotopic (exact) mass is 469 g/mol. The van der Waals surface area contributed by atoms with Crippen molar-refractivity contribution < 1.29 is 13.2 Å². The van der Waals surface area contributed by atoms with Crippen molar-refractivity contribution in [3.05, 3.63) is 100 Å². The molecule has 166 valence electrons. The zero-order valence-electron chi connectivity index (χ0n) is 17.8. The van der Waals surface area contributed by atoms with E-state index >= 15 is 0 Å². The van der Waals surface area contributed by atoms with Gasteiger partial charge in [-0.25, -0.2) is 13.8 Å². The van der Waals surface area contributed by atoms with Crippen molar-refractivity contribution >= 4 is 33.7 Å². The van der Waals surface area contributed by atoms with E-state index < -0.39 is 15.9 Å². The summed E-state index contributed by atoms with van der Waals surface area (Å²) in [7, 11) is -3.94. The fourth-order valence-corrected chi connectivity index (χ4v) is 4.51. The molecule has 8 heteroatoms. The van der Waals surface area contributed by atoms with Crippen LogP contribution in [0.2, 0.25) is 5.02 Å². The molecular weight excluding hydrogens is 446 g/mol. The Balaban J connectivity index is 1.79. The molecule has 0 heterocycles. The van der Waals surface area contributed by atoms with E-state index in [1.807, 2.05) is 62.4 Å². The first-order valence-electron chi connectivity index (χ1n) is 9.94. The lowest BCUT2D eigenvalue weighted by Gasteiger charge is -2.21. The molecule has 0 spiro atoms. The Morgan fingerprint density at radius 2 is 1.69 bits per heavy atom. The van der Waals surface area contributed by atoms with Gasteiger partial charge in [0.05, 0.1) is 17.7 Å². The highest BCUT2D eigenvalue weighted by Crippen LogP contribution is 2.20.